The van der Waals surface area contributed by atoms with E-state index in [0.29, 0.717) is 11.8 Å². The Morgan fingerprint density at radius 3 is 2.44 bits per heavy atom. The lowest BCUT2D eigenvalue weighted by atomic mass is 9.90. The van der Waals surface area contributed by atoms with Crippen LogP contribution in [-0.4, -0.2) is 23.8 Å². The number of carbonyl (C=O) groups excluding carboxylic acids is 1. The highest BCUT2D eigenvalue weighted by molar-refractivity contribution is 5.69. The molecule has 3 N–H and O–H groups in total. The number of carbonyl (C=O) groups is 1. The molecular formula is C14H26N2O2. The molecule has 18 heavy (non-hydrogen) atoms. The molecule has 0 aromatic carbocycles. The van der Waals surface area contributed by atoms with Gasteiger partial charge in [-0.15, -0.1) is 0 Å². The smallest absolute Gasteiger partial charge is 0.408 e. The minimum atomic E-state index is -0.430. The zero-order valence-electron chi connectivity index (χ0n) is 11.8. The molecule has 4 nitrogen and oxygen atoms in total. The molecule has 104 valence electrons. The average Bonchev–Trinajstić information content (AvgIpc) is 2.90. The molecule has 2 aliphatic rings. The van der Waals surface area contributed by atoms with E-state index in [2.05, 4.69) is 5.32 Å². The molecule has 2 aliphatic carbocycles. The molecule has 0 saturated heterocycles. The molecule has 0 heterocycles. The topological polar surface area (TPSA) is 64.3 Å². The van der Waals surface area contributed by atoms with Gasteiger partial charge in [-0.1, -0.05) is 12.8 Å². The second-order valence-corrected chi connectivity index (χ2v) is 6.83. The van der Waals surface area contributed by atoms with Crippen LogP contribution in [0.1, 0.15) is 52.9 Å². The summed E-state index contributed by atoms with van der Waals surface area (Å²) in [7, 11) is 0. The van der Waals surface area contributed by atoms with Crippen LogP contribution >= 0.6 is 0 Å². The fourth-order valence-corrected chi connectivity index (χ4v) is 3.29. The zero-order chi connectivity index (χ0) is 13.4. The van der Waals surface area contributed by atoms with Crippen LogP contribution < -0.4 is 11.1 Å². The third-order valence-corrected chi connectivity index (χ3v) is 4.18. The SMILES string of the molecule is CC(C)(C)OC(=O)NC1(C2CC2CN)CCCC1. The highest BCUT2D eigenvalue weighted by Crippen LogP contribution is 2.52. The van der Waals surface area contributed by atoms with Crippen molar-refractivity contribution in [2.75, 3.05) is 6.54 Å². The minimum absolute atomic E-state index is 0.0353. The minimum Gasteiger partial charge on any atom is -0.444 e. The molecule has 4 heteroatoms. The van der Waals surface area contributed by atoms with E-state index in [1.165, 1.54) is 12.8 Å². The van der Waals surface area contributed by atoms with Gasteiger partial charge in [-0.25, -0.2) is 4.79 Å². The normalized spacial score (nSPS) is 30.0. The monoisotopic (exact) mass is 254 g/mol. The number of nitrogens with two attached hydrogens (primary N) is 1. The summed E-state index contributed by atoms with van der Waals surface area (Å²) in [6.45, 7) is 6.43. The van der Waals surface area contributed by atoms with E-state index in [9.17, 15) is 4.79 Å². The van der Waals surface area contributed by atoms with E-state index in [1.54, 1.807) is 0 Å². The van der Waals surface area contributed by atoms with E-state index < -0.39 is 5.60 Å². The summed E-state index contributed by atoms with van der Waals surface area (Å²) in [5, 5.41) is 3.16. The molecule has 2 fully saturated rings. The summed E-state index contributed by atoms with van der Waals surface area (Å²) in [5.41, 5.74) is 5.27. The van der Waals surface area contributed by atoms with Crippen molar-refractivity contribution in [3.05, 3.63) is 0 Å². The Hall–Kier alpha value is -0.770. The van der Waals surface area contributed by atoms with Crippen molar-refractivity contribution in [2.24, 2.45) is 17.6 Å². The summed E-state index contributed by atoms with van der Waals surface area (Å²) in [6, 6.07) is 0. The third-order valence-electron chi connectivity index (χ3n) is 4.18. The molecule has 0 spiro atoms. The standard InChI is InChI=1S/C14H26N2O2/c1-13(2,3)18-12(17)16-14(6-4-5-7-14)11-8-10(11)9-15/h10-11H,4-9,15H2,1-3H3,(H,16,17). The van der Waals surface area contributed by atoms with Crippen molar-refractivity contribution in [1.82, 2.24) is 5.32 Å². The van der Waals surface area contributed by atoms with Gasteiger partial charge in [0.2, 0.25) is 0 Å². The van der Waals surface area contributed by atoms with E-state index in [0.717, 1.165) is 25.8 Å². The number of ether oxygens (including phenoxy) is 1. The van der Waals surface area contributed by atoms with Crippen molar-refractivity contribution in [2.45, 2.75) is 64.0 Å². The van der Waals surface area contributed by atoms with Crippen LogP contribution in [0.15, 0.2) is 0 Å². The zero-order valence-corrected chi connectivity index (χ0v) is 11.8. The van der Waals surface area contributed by atoms with Gasteiger partial charge in [-0.2, -0.15) is 0 Å². The summed E-state index contributed by atoms with van der Waals surface area (Å²) >= 11 is 0. The Bertz CT molecular complexity index is 316. The van der Waals surface area contributed by atoms with Gasteiger partial charge in [0, 0.05) is 5.54 Å². The van der Waals surface area contributed by atoms with Crippen LogP contribution in [-0.2, 0) is 4.74 Å². The number of nitrogens with one attached hydrogen (secondary N) is 1. The molecule has 2 saturated carbocycles. The van der Waals surface area contributed by atoms with E-state index in [-0.39, 0.29) is 11.6 Å². The summed E-state index contributed by atoms with van der Waals surface area (Å²) in [6.07, 6.45) is 5.44. The van der Waals surface area contributed by atoms with Crippen molar-refractivity contribution in [3.8, 4) is 0 Å². The maximum Gasteiger partial charge on any atom is 0.408 e. The number of rotatable bonds is 3. The van der Waals surface area contributed by atoms with Crippen molar-refractivity contribution >= 4 is 6.09 Å². The van der Waals surface area contributed by atoms with Gasteiger partial charge in [0.25, 0.3) is 0 Å². The average molecular weight is 254 g/mol. The number of alkyl carbamates (subject to hydrolysis) is 1. The Kier molecular flexibility index (Phi) is 3.58. The van der Waals surface area contributed by atoms with Crippen LogP contribution in [0.25, 0.3) is 0 Å². The Morgan fingerprint density at radius 1 is 1.39 bits per heavy atom. The molecule has 0 aromatic heterocycles. The van der Waals surface area contributed by atoms with Gasteiger partial charge in [0.15, 0.2) is 0 Å². The second-order valence-electron chi connectivity index (χ2n) is 6.83. The lowest BCUT2D eigenvalue weighted by Crippen LogP contribution is -2.50. The molecule has 2 rings (SSSR count). The third kappa shape index (κ3) is 2.97. The van der Waals surface area contributed by atoms with E-state index in [1.807, 2.05) is 20.8 Å². The van der Waals surface area contributed by atoms with Crippen LogP contribution in [0, 0.1) is 11.8 Å². The molecular weight excluding hydrogens is 228 g/mol. The van der Waals surface area contributed by atoms with Gasteiger partial charge in [-0.05, 0) is 58.4 Å². The Balaban J connectivity index is 1.97. The van der Waals surface area contributed by atoms with Crippen LogP contribution in [0.2, 0.25) is 0 Å². The van der Waals surface area contributed by atoms with Gasteiger partial charge >= 0.3 is 6.09 Å². The fraction of sp³-hybridized carbons (Fsp3) is 0.929. The molecule has 2 atom stereocenters. The van der Waals surface area contributed by atoms with Gasteiger partial charge in [-0.3, -0.25) is 0 Å². The lowest BCUT2D eigenvalue weighted by molar-refractivity contribution is 0.0437. The molecule has 2 unspecified atom stereocenters. The first-order valence-electron chi connectivity index (χ1n) is 7.07. The van der Waals surface area contributed by atoms with Crippen molar-refractivity contribution in [1.29, 1.82) is 0 Å². The first kappa shape index (κ1) is 13.7. The summed E-state index contributed by atoms with van der Waals surface area (Å²) < 4.78 is 5.39. The van der Waals surface area contributed by atoms with Gasteiger partial charge in [0.1, 0.15) is 5.60 Å². The molecule has 1 amide bonds. The highest BCUT2D eigenvalue weighted by atomic mass is 16.6. The lowest BCUT2D eigenvalue weighted by Gasteiger charge is -2.32. The summed E-state index contributed by atoms with van der Waals surface area (Å²) in [4.78, 5) is 12.0. The highest BCUT2D eigenvalue weighted by Gasteiger charge is 2.54. The Morgan fingerprint density at radius 2 is 2.00 bits per heavy atom. The second kappa shape index (κ2) is 4.72. The first-order chi connectivity index (χ1) is 8.36. The molecule has 0 radical (unpaired) electrons. The fourth-order valence-electron chi connectivity index (χ4n) is 3.29. The summed E-state index contributed by atoms with van der Waals surface area (Å²) in [5.74, 6) is 1.16. The van der Waals surface area contributed by atoms with E-state index >= 15 is 0 Å². The predicted octanol–water partition coefficient (Wildman–Crippen LogP) is 2.42. The number of hydrogen-bond donors (Lipinski definition) is 2. The van der Waals surface area contributed by atoms with Crippen LogP contribution in [0.3, 0.4) is 0 Å². The van der Waals surface area contributed by atoms with Crippen LogP contribution in [0.4, 0.5) is 4.79 Å². The largest absolute Gasteiger partial charge is 0.444 e. The van der Waals surface area contributed by atoms with Gasteiger partial charge < -0.3 is 15.8 Å². The Labute approximate surface area is 110 Å². The maximum absolute atomic E-state index is 12.0. The quantitative estimate of drug-likeness (QED) is 0.813. The molecule has 0 aliphatic heterocycles. The van der Waals surface area contributed by atoms with E-state index in [4.69, 9.17) is 10.5 Å². The van der Waals surface area contributed by atoms with Crippen molar-refractivity contribution in [3.63, 3.8) is 0 Å². The maximum atomic E-state index is 12.0. The number of amides is 1. The van der Waals surface area contributed by atoms with Crippen LogP contribution in [0.5, 0.6) is 0 Å². The first-order valence-corrected chi connectivity index (χ1v) is 7.07. The van der Waals surface area contributed by atoms with Crippen molar-refractivity contribution < 1.29 is 9.53 Å². The number of hydrogen-bond acceptors (Lipinski definition) is 3. The molecule has 0 bridgehead atoms. The molecule has 0 aromatic rings. The predicted molar refractivity (Wildman–Crippen MR) is 71.2 cm³/mol. The van der Waals surface area contributed by atoms with Gasteiger partial charge in [0.05, 0.1) is 0 Å².